The summed E-state index contributed by atoms with van der Waals surface area (Å²) in [6.07, 6.45) is 5.26. The van der Waals surface area contributed by atoms with E-state index in [4.69, 9.17) is 29.9 Å². The number of nitrogens with two attached hydrogens (primary N) is 1. The number of aromatic nitrogens is 4. The monoisotopic (exact) mass is 688 g/mol. The van der Waals surface area contributed by atoms with Crippen molar-refractivity contribution in [2.45, 2.75) is 90.2 Å². The molecule has 4 aliphatic rings. The van der Waals surface area contributed by atoms with Gasteiger partial charge in [-0.3, -0.25) is 0 Å². The third-order valence-corrected chi connectivity index (χ3v) is 11.8. The molecule has 7 rings (SSSR count). The highest BCUT2D eigenvalue weighted by Crippen LogP contribution is 2.49. The normalized spacial score (nSPS) is 26.2. The number of likely N-dealkylation sites (N-methyl/N-ethyl adjacent to an activating group) is 1. The lowest BCUT2D eigenvalue weighted by molar-refractivity contribution is 0.0276. The minimum atomic E-state index is -0.621. The number of anilines is 3. The number of nitrogens with zero attached hydrogens (tertiary/aromatic N) is 9. The maximum Gasteiger partial charge on any atom is 0.410 e. The van der Waals surface area contributed by atoms with E-state index in [-0.39, 0.29) is 17.6 Å². The first-order valence-electron chi connectivity index (χ1n) is 17.5. The lowest BCUT2D eigenvalue weighted by Gasteiger charge is -2.30. The molecule has 49 heavy (non-hydrogen) atoms. The Morgan fingerprint density at radius 1 is 1.12 bits per heavy atom. The number of likely N-dealkylation sites (tertiary alicyclic amines) is 1. The third-order valence-electron chi connectivity index (χ3n) is 10.7. The quantitative estimate of drug-likeness (QED) is 0.390. The van der Waals surface area contributed by atoms with Crippen molar-refractivity contribution < 1.29 is 14.1 Å². The molecule has 0 saturated carbocycles. The number of amides is 1. The maximum atomic E-state index is 12.9. The smallest absolute Gasteiger partial charge is 0.410 e. The molecule has 1 aliphatic carbocycles. The molecular formula is C35H48N10O3S. The highest BCUT2D eigenvalue weighted by molar-refractivity contribution is 7.16. The molecule has 0 aromatic carbocycles. The summed E-state index contributed by atoms with van der Waals surface area (Å²) in [4.78, 5) is 38.1. The van der Waals surface area contributed by atoms with Gasteiger partial charge in [0.25, 0.3) is 0 Å². The number of hydrogen-bond donors (Lipinski definition) is 1. The van der Waals surface area contributed by atoms with Gasteiger partial charge in [0, 0.05) is 67.2 Å². The van der Waals surface area contributed by atoms with E-state index in [2.05, 4.69) is 46.8 Å². The Hall–Kier alpha value is -3.96. The molecular weight excluding hydrogens is 641 g/mol. The van der Waals surface area contributed by atoms with Crippen LogP contribution >= 0.6 is 11.3 Å². The molecule has 3 saturated heterocycles. The van der Waals surface area contributed by atoms with Gasteiger partial charge >= 0.3 is 6.09 Å². The van der Waals surface area contributed by atoms with E-state index in [1.54, 1.807) is 0 Å². The molecule has 1 amide bonds. The molecule has 14 heteroatoms. The van der Waals surface area contributed by atoms with E-state index in [0.29, 0.717) is 47.0 Å². The lowest BCUT2D eigenvalue weighted by atomic mass is 9.72. The van der Waals surface area contributed by atoms with Crippen molar-refractivity contribution in [3.05, 3.63) is 28.0 Å². The Bertz CT molecular complexity index is 1780. The molecule has 13 nitrogen and oxygen atoms in total. The van der Waals surface area contributed by atoms with Gasteiger partial charge in [-0.1, -0.05) is 5.16 Å². The SMILES string of the molecule is C[C@H]1CN(C)CCCN1c1nc(-c2noc([C@@]3(C)CCCc4sc(N)c(C#N)c43)n2)cc(N2CCC3(CCN(C(=O)OC(C)(C)C)C3)C2)n1. The number of carbonyl (C=O) groups excluding carboxylic acids is 1. The number of carbonyl (C=O) groups is 1. The molecule has 3 aromatic rings. The van der Waals surface area contributed by atoms with Gasteiger partial charge in [-0.05, 0) is 86.7 Å². The fourth-order valence-corrected chi connectivity index (χ4v) is 9.43. The maximum absolute atomic E-state index is 12.9. The topological polar surface area (TPSA) is 154 Å². The van der Waals surface area contributed by atoms with Crippen LogP contribution in [0.4, 0.5) is 21.6 Å². The van der Waals surface area contributed by atoms with E-state index in [9.17, 15) is 10.1 Å². The summed E-state index contributed by atoms with van der Waals surface area (Å²) >= 11 is 1.49. The highest BCUT2D eigenvalue weighted by Gasteiger charge is 2.47. The van der Waals surface area contributed by atoms with Crippen LogP contribution < -0.4 is 15.5 Å². The van der Waals surface area contributed by atoms with Crippen molar-refractivity contribution in [1.29, 1.82) is 5.26 Å². The molecule has 6 heterocycles. The largest absolute Gasteiger partial charge is 0.444 e. The second-order valence-corrected chi connectivity index (χ2v) is 16.9. The zero-order valence-corrected chi connectivity index (χ0v) is 30.4. The molecule has 0 bridgehead atoms. The van der Waals surface area contributed by atoms with E-state index in [0.717, 1.165) is 87.5 Å². The van der Waals surface area contributed by atoms with Crippen LogP contribution in [-0.2, 0) is 16.6 Å². The summed E-state index contributed by atoms with van der Waals surface area (Å²) < 4.78 is 11.7. The van der Waals surface area contributed by atoms with Crippen LogP contribution in [0.3, 0.4) is 0 Å². The number of ether oxygens (including phenoxy) is 1. The van der Waals surface area contributed by atoms with Crippen molar-refractivity contribution in [2.24, 2.45) is 5.41 Å². The number of nitriles is 1. The Morgan fingerprint density at radius 2 is 1.92 bits per heavy atom. The predicted octanol–water partition coefficient (Wildman–Crippen LogP) is 5.05. The zero-order chi connectivity index (χ0) is 34.7. The molecule has 3 fully saturated rings. The minimum Gasteiger partial charge on any atom is -0.444 e. The summed E-state index contributed by atoms with van der Waals surface area (Å²) in [5.41, 5.74) is 7.17. The molecule has 3 aliphatic heterocycles. The van der Waals surface area contributed by atoms with Crippen molar-refractivity contribution in [2.75, 3.05) is 68.4 Å². The number of aryl methyl sites for hydroxylation is 1. The minimum absolute atomic E-state index is 0.0196. The highest BCUT2D eigenvalue weighted by atomic mass is 32.1. The second-order valence-electron chi connectivity index (χ2n) is 15.8. The van der Waals surface area contributed by atoms with Crippen molar-refractivity contribution in [1.82, 2.24) is 29.9 Å². The first-order chi connectivity index (χ1) is 23.3. The van der Waals surface area contributed by atoms with Gasteiger partial charge < -0.3 is 34.6 Å². The Kier molecular flexibility index (Phi) is 8.50. The van der Waals surface area contributed by atoms with Crippen LogP contribution in [0.15, 0.2) is 10.6 Å². The summed E-state index contributed by atoms with van der Waals surface area (Å²) in [6, 6.07) is 4.52. The number of hydrogen-bond acceptors (Lipinski definition) is 13. The third kappa shape index (κ3) is 6.31. The summed E-state index contributed by atoms with van der Waals surface area (Å²) in [5, 5.41) is 15.0. The van der Waals surface area contributed by atoms with Gasteiger partial charge in [-0.2, -0.15) is 15.2 Å². The molecule has 0 radical (unpaired) electrons. The molecule has 3 atom stereocenters. The molecule has 3 aromatic heterocycles. The predicted molar refractivity (Wildman–Crippen MR) is 189 cm³/mol. The van der Waals surface area contributed by atoms with E-state index < -0.39 is 11.0 Å². The van der Waals surface area contributed by atoms with Crippen LogP contribution in [0.1, 0.15) is 88.6 Å². The molecule has 2 N–H and O–H groups in total. The Balaban J connectivity index is 1.22. The van der Waals surface area contributed by atoms with Gasteiger partial charge in [0.1, 0.15) is 28.2 Å². The summed E-state index contributed by atoms with van der Waals surface area (Å²) in [5.74, 6) is 2.36. The van der Waals surface area contributed by atoms with Gasteiger partial charge in [-0.25, -0.2) is 9.78 Å². The average Bonchev–Trinajstić information content (AvgIpc) is 3.83. The van der Waals surface area contributed by atoms with Gasteiger partial charge in [0.15, 0.2) is 0 Å². The van der Waals surface area contributed by atoms with Crippen LogP contribution in [0.25, 0.3) is 11.5 Å². The van der Waals surface area contributed by atoms with Crippen LogP contribution in [0.5, 0.6) is 0 Å². The standard InChI is InChI=1S/C35H48N10O3S/c1-22-19-42(6)13-8-14-45(22)31-38-24(29-40-30(48-41-29)34(5)10-7-9-25-27(34)23(18-36)28(37)49-25)17-26(39-31)43-15-11-35(20-43)12-16-44(21-35)32(46)47-33(2,3)4/h17,22H,7-16,19-21,37H2,1-6H3/t22-,34-,35?/m0/s1. The first kappa shape index (κ1) is 33.5. The Morgan fingerprint density at radius 3 is 2.69 bits per heavy atom. The fraction of sp³-hybridized carbons (Fsp3) is 0.657. The van der Waals surface area contributed by atoms with Gasteiger partial charge in [-0.15, -0.1) is 11.3 Å². The van der Waals surface area contributed by atoms with Crippen molar-refractivity contribution in [3.8, 4) is 17.6 Å². The Labute approximate surface area is 292 Å². The zero-order valence-electron chi connectivity index (χ0n) is 29.6. The van der Waals surface area contributed by atoms with Gasteiger partial charge in [0.2, 0.25) is 17.7 Å². The number of fused-ring (bicyclic) bond motifs is 1. The van der Waals surface area contributed by atoms with E-state index >= 15 is 0 Å². The first-order valence-corrected chi connectivity index (χ1v) is 18.3. The molecule has 262 valence electrons. The number of nitrogen functional groups attached to an aromatic ring is 1. The van der Waals surface area contributed by atoms with E-state index in [1.807, 2.05) is 31.7 Å². The van der Waals surface area contributed by atoms with Crippen LogP contribution in [-0.4, -0.2) is 101 Å². The molecule has 1 spiro atoms. The van der Waals surface area contributed by atoms with Gasteiger partial charge in [0.05, 0.1) is 11.0 Å². The van der Waals surface area contributed by atoms with Crippen LogP contribution in [0.2, 0.25) is 0 Å². The van der Waals surface area contributed by atoms with Crippen molar-refractivity contribution in [3.63, 3.8) is 0 Å². The number of thiophene rings is 1. The fourth-order valence-electron chi connectivity index (χ4n) is 8.24. The second kappa shape index (κ2) is 12.4. The van der Waals surface area contributed by atoms with E-state index in [1.165, 1.54) is 11.3 Å². The van der Waals surface area contributed by atoms with Crippen LogP contribution in [0, 0.1) is 16.7 Å². The summed E-state index contributed by atoms with van der Waals surface area (Å²) in [6.45, 7) is 15.8. The number of rotatable bonds is 4. The lowest BCUT2D eigenvalue weighted by Crippen LogP contribution is -2.39. The summed E-state index contributed by atoms with van der Waals surface area (Å²) in [7, 11) is 2.16. The molecule has 1 unspecified atom stereocenters. The average molecular weight is 689 g/mol. The van der Waals surface area contributed by atoms with Crippen molar-refractivity contribution >= 4 is 34.2 Å².